The monoisotopic (exact) mass is 895 g/mol. The maximum atomic E-state index is 7.08. The van der Waals surface area contributed by atoms with E-state index < -0.39 is 0 Å². The highest BCUT2D eigenvalue weighted by Crippen LogP contribution is 2.51. The molecule has 2 nitrogen and oxygen atoms in total. The van der Waals surface area contributed by atoms with Crippen LogP contribution in [-0.4, -0.2) is 0 Å². The second kappa shape index (κ2) is 16.6. The lowest BCUT2D eigenvalue weighted by Crippen LogP contribution is -2.10. The fraction of sp³-hybridized carbons (Fsp3) is 0.0882. The Kier molecular flexibility index (Phi) is 9.65. The number of hydrogen-bond acceptors (Lipinski definition) is 2. The van der Waals surface area contributed by atoms with Gasteiger partial charge in [0.1, 0.15) is 5.58 Å². The van der Waals surface area contributed by atoms with Gasteiger partial charge in [-0.3, -0.25) is 0 Å². The van der Waals surface area contributed by atoms with Gasteiger partial charge in [-0.25, -0.2) is 0 Å². The van der Waals surface area contributed by atoms with Gasteiger partial charge in [-0.05, 0) is 149 Å². The van der Waals surface area contributed by atoms with Crippen molar-refractivity contribution in [3.8, 4) is 66.8 Å². The number of fused-ring (bicyclic) bond motifs is 13. The van der Waals surface area contributed by atoms with E-state index in [-0.39, 0.29) is 0 Å². The number of rotatable bonds is 6. The Bertz CT molecular complexity index is 3920. The van der Waals surface area contributed by atoms with Crippen LogP contribution in [0.3, 0.4) is 0 Å². The highest BCUT2D eigenvalue weighted by molar-refractivity contribution is 6.22. The van der Waals surface area contributed by atoms with Gasteiger partial charge in [-0.2, -0.15) is 0 Å². The van der Waals surface area contributed by atoms with Gasteiger partial charge in [0, 0.05) is 22.1 Å². The third-order valence-electron chi connectivity index (χ3n) is 15.4. The molecule has 70 heavy (non-hydrogen) atoms. The highest BCUT2D eigenvalue weighted by atomic mass is 16.3. The van der Waals surface area contributed by atoms with Crippen LogP contribution in [0.4, 0.5) is 17.1 Å². The van der Waals surface area contributed by atoms with Gasteiger partial charge < -0.3 is 9.32 Å². The summed E-state index contributed by atoms with van der Waals surface area (Å²) in [5.41, 5.74) is 21.4. The summed E-state index contributed by atoms with van der Waals surface area (Å²) in [6.45, 7) is 0. The van der Waals surface area contributed by atoms with Crippen molar-refractivity contribution in [1.29, 1.82) is 0 Å². The van der Waals surface area contributed by atoms with Crippen molar-refractivity contribution in [2.45, 2.75) is 38.0 Å². The molecule has 0 N–H and O–H groups in total. The van der Waals surface area contributed by atoms with Crippen LogP contribution < -0.4 is 4.90 Å². The van der Waals surface area contributed by atoms with Gasteiger partial charge in [-0.1, -0.05) is 213 Å². The zero-order valence-electron chi connectivity index (χ0n) is 38.9. The molecule has 0 radical (unpaired) electrons. The molecule has 0 atom stereocenters. The molecule has 0 amide bonds. The van der Waals surface area contributed by atoms with E-state index in [1.807, 2.05) is 0 Å². The smallest absolute Gasteiger partial charge is 0.159 e. The highest BCUT2D eigenvalue weighted by Gasteiger charge is 2.26. The predicted molar refractivity (Wildman–Crippen MR) is 295 cm³/mol. The molecule has 0 aliphatic heterocycles. The first-order valence-electron chi connectivity index (χ1n) is 25.0. The lowest BCUT2D eigenvalue weighted by Gasteiger charge is -2.26. The van der Waals surface area contributed by atoms with E-state index in [2.05, 4.69) is 235 Å². The Morgan fingerprint density at radius 1 is 0.314 bits per heavy atom. The second-order valence-corrected chi connectivity index (χ2v) is 19.3. The van der Waals surface area contributed by atoms with Crippen molar-refractivity contribution in [3.63, 3.8) is 0 Å². The van der Waals surface area contributed by atoms with Crippen LogP contribution in [0.1, 0.15) is 43.6 Å². The van der Waals surface area contributed by atoms with Gasteiger partial charge in [0.2, 0.25) is 0 Å². The lowest BCUT2D eigenvalue weighted by atomic mass is 9.79. The Morgan fingerprint density at radius 3 is 1.31 bits per heavy atom. The van der Waals surface area contributed by atoms with E-state index in [0.29, 0.717) is 5.92 Å². The Labute approximate surface area is 408 Å². The normalized spacial score (nSPS) is 13.4. The fourth-order valence-electron chi connectivity index (χ4n) is 12.3. The summed E-state index contributed by atoms with van der Waals surface area (Å²) in [4.78, 5) is 2.36. The van der Waals surface area contributed by atoms with Gasteiger partial charge in [0.05, 0.1) is 5.69 Å². The maximum absolute atomic E-state index is 7.08. The third kappa shape index (κ3) is 6.47. The average Bonchev–Trinajstić information content (AvgIpc) is 3.83. The molecule has 14 rings (SSSR count). The average molecular weight is 896 g/mol. The van der Waals surface area contributed by atoms with Crippen LogP contribution in [-0.2, 0) is 0 Å². The molecule has 12 aromatic rings. The molecular formula is C68H49NO. The molecule has 1 heterocycles. The Balaban J connectivity index is 0.924. The molecule has 1 fully saturated rings. The summed E-state index contributed by atoms with van der Waals surface area (Å²) in [7, 11) is 0. The van der Waals surface area contributed by atoms with Crippen LogP contribution in [0, 0.1) is 0 Å². The maximum Gasteiger partial charge on any atom is 0.159 e. The van der Waals surface area contributed by atoms with Crippen LogP contribution >= 0.6 is 0 Å². The SMILES string of the molecule is c1ccc(N(c2ccc(-c3c4ccccc4c(-c4ccc5c(c4)-c4ccccc4-c4ccccc4-c4ccccc4-5)c4ccccc34)cc2)c2cccc3c2oc2c(C4CCCCC4)cccc23)cc1. The first-order chi connectivity index (χ1) is 34.8. The van der Waals surface area contributed by atoms with Gasteiger partial charge >= 0.3 is 0 Å². The van der Waals surface area contributed by atoms with Crippen molar-refractivity contribution >= 4 is 60.5 Å². The van der Waals surface area contributed by atoms with Crippen molar-refractivity contribution < 1.29 is 4.42 Å². The van der Waals surface area contributed by atoms with E-state index in [9.17, 15) is 0 Å². The Hall–Kier alpha value is -8.46. The molecule has 2 aliphatic rings. The molecule has 11 aromatic carbocycles. The summed E-state index contributed by atoms with van der Waals surface area (Å²) < 4.78 is 7.08. The zero-order valence-corrected chi connectivity index (χ0v) is 38.9. The minimum absolute atomic E-state index is 0.544. The van der Waals surface area contributed by atoms with Gasteiger partial charge in [0.25, 0.3) is 0 Å². The van der Waals surface area contributed by atoms with E-state index in [1.165, 1.54) is 131 Å². The van der Waals surface area contributed by atoms with Crippen LogP contribution in [0.2, 0.25) is 0 Å². The van der Waals surface area contributed by atoms with E-state index >= 15 is 0 Å². The molecule has 0 bridgehead atoms. The lowest BCUT2D eigenvalue weighted by molar-refractivity contribution is 0.442. The Morgan fingerprint density at radius 2 is 0.743 bits per heavy atom. The van der Waals surface area contributed by atoms with Crippen molar-refractivity contribution in [2.75, 3.05) is 4.90 Å². The molecular weight excluding hydrogens is 847 g/mol. The second-order valence-electron chi connectivity index (χ2n) is 19.3. The zero-order chi connectivity index (χ0) is 46.1. The van der Waals surface area contributed by atoms with Crippen LogP contribution in [0.25, 0.3) is 110 Å². The van der Waals surface area contributed by atoms with E-state index in [1.54, 1.807) is 0 Å². The van der Waals surface area contributed by atoms with Crippen molar-refractivity contribution in [3.05, 3.63) is 236 Å². The summed E-state index contributed by atoms with van der Waals surface area (Å²) in [5, 5.41) is 7.30. The number of para-hydroxylation sites is 3. The van der Waals surface area contributed by atoms with Crippen LogP contribution in [0.15, 0.2) is 235 Å². The number of benzene rings is 11. The first-order valence-corrected chi connectivity index (χ1v) is 25.0. The number of furan rings is 1. The molecule has 2 heteroatoms. The van der Waals surface area contributed by atoms with Crippen molar-refractivity contribution in [2.24, 2.45) is 0 Å². The van der Waals surface area contributed by atoms with Crippen molar-refractivity contribution in [1.82, 2.24) is 0 Å². The fourth-order valence-corrected chi connectivity index (χ4v) is 12.3. The molecule has 2 aliphatic carbocycles. The summed E-state index contributed by atoms with van der Waals surface area (Å²) in [5.74, 6) is 0.544. The number of nitrogens with zero attached hydrogens (tertiary/aromatic N) is 1. The summed E-state index contributed by atoms with van der Waals surface area (Å²) >= 11 is 0. The largest absolute Gasteiger partial charge is 0.454 e. The minimum atomic E-state index is 0.544. The molecule has 0 saturated heterocycles. The third-order valence-corrected chi connectivity index (χ3v) is 15.4. The number of hydrogen-bond donors (Lipinski definition) is 0. The van der Waals surface area contributed by atoms with Gasteiger partial charge in [-0.15, -0.1) is 0 Å². The van der Waals surface area contributed by atoms with E-state index in [4.69, 9.17) is 4.42 Å². The predicted octanol–water partition coefficient (Wildman–Crippen LogP) is 19.7. The van der Waals surface area contributed by atoms with Crippen LogP contribution in [0.5, 0.6) is 0 Å². The molecule has 1 saturated carbocycles. The first kappa shape index (κ1) is 40.6. The molecule has 0 unspecified atom stereocenters. The number of anilines is 3. The van der Waals surface area contributed by atoms with Gasteiger partial charge in [0.15, 0.2) is 5.58 Å². The quantitative estimate of drug-likeness (QED) is 0.155. The molecule has 0 spiro atoms. The summed E-state index contributed by atoms with van der Waals surface area (Å²) in [6, 6.07) is 85.3. The topological polar surface area (TPSA) is 16.4 Å². The molecule has 1 aromatic heterocycles. The standard InChI is InChI=1S/C68H49NO/c1-3-19-44(20-4-1)49-33-17-34-61-62-35-18-36-64(68(62)70-67(49)61)69(47-21-5-2-6-22-47)48-40-37-45(38-41-48)65-57-29-13-15-31-59(57)66(60-32-16-14-30-58(60)65)46-39-42-56-54-27-10-9-25-52(54)50-23-7-8-24-51(50)53-26-11-12-28-55(53)63(56)43-46/h2,5-18,21-44H,1,3-4,19-20H2. The van der Waals surface area contributed by atoms with E-state index in [0.717, 1.165) is 33.6 Å². The minimum Gasteiger partial charge on any atom is -0.454 e. The summed E-state index contributed by atoms with van der Waals surface area (Å²) in [6.07, 6.45) is 6.36. The molecule has 332 valence electrons.